The second kappa shape index (κ2) is 5.35. The van der Waals surface area contributed by atoms with Gasteiger partial charge in [0.2, 0.25) is 0 Å². The van der Waals surface area contributed by atoms with Gasteiger partial charge in [-0.1, -0.05) is 0 Å². The first-order valence-electron chi connectivity index (χ1n) is 7.26. The van der Waals surface area contributed by atoms with Crippen LogP contribution in [0.4, 0.5) is 0 Å². The Kier molecular flexibility index (Phi) is 3.68. The van der Waals surface area contributed by atoms with Crippen LogP contribution in [0.15, 0.2) is 28.7 Å². The van der Waals surface area contributed by atoms with E-state index in [2.05, 4.69) is 10.6 Å². The molecule has 0 aliphatic carbocycles. The van der Waals surface area contributed by atoms with Gasteiger partial charge in [0.25, 0.3) is 5.91 Å². The molecule has 2 bridgehead atoms. The van der Waals surface area contributed by atoms with E-state index in [0.717, 1.165) is 23.2 Å². The van der Waals surface area contributed by atoms with Gasteiger partial charge in [0.05, 0.1) is 0 Å². The van der Waals surface area contributed by atoms with Gasteiger partial charge in [-0.15, -0.1) is 12.4 Å². The Hall–Kier alpha value is -1.52. The standard InChI is InChI=1S/C16H18N2O2.ClH/c1-9-6-11-7-10(2-5-15(11)20-9)16(19)18-14-8-12-3-4-13(14)17-12;/h2,5-7,12-14,17H,3-4,8H2,1H3,(H,18,19);1H/t12-,13+,14-;/m1./s1. The summed E-state index contributed by atoms with van der Waals surface area (Å²) in [5, 5.41) is 7.69. The molecule has 0 saturated carbocycles. The molecule has 2 N–H and O–H groups in total. The molecule has 2 fully saturated rings. The molecule has 2 aliphatic heterocycles. The van der Waals surface area contributed by atoms with Crippen molar-refractivity contribution in [3.05, 3.63) is 35.6 Å². The second-order valence-electron chi connectivity index (χ2n) is 5.97. The Morgan fingerprint density at radius 3 is 2.90 bits per heavy atom. The van der Waals surface area contributed by atoms with E-state index in [9.17, 15) is 4.79 Å². The van der Waals surface area contributed by atoms with Crippen LogP contribution in [0.1, 0.15) is 35.4 Å². The molecule has 5 heteroatoms. The molecule has 112 valence electrons. The van der Waals surface area contributed by atoms with E-state index in [-0.39, 0.29) is 24.4 Å². The van der Waals surface area contributed by atoms with E-state index >= 15 is 0 Å². The molecule has 1 aromatic heterocycles. The maximum absolute atomic E-state index is 12.4. The third-order valence-electron chi connectivity index (χ3n) is 4.52. The number of hydrogen-bond acceptors (Lipinski definition) is 3. The number of carbonyl (C=O) groups is 1. The van der Waals surface area contributed by atoms with Gasteiger partial charge >= 0.3 is 0 Å². The van der Waals surface area contributed by atoms with E-state index in [0.29, 0.717) is 17.6 Å². The predicted molar refractivity (Wildman–Crippen MR) is 84.0 cm³/mol. The first-order chi connectivity index (χ1) is 9.69. The molecule has 4 rings (SSSR count). The van der Waals surface area contributed by atoms with Crippen LogP contribution in [-0.4, -0.2) is 24.0 Å². The van der Waals surface area contributed by atoms with E-state index in [1.54, 1.807) is 0 Å². The molecule has 21 heavy (non-hydrogen) atoms. The number of fused-ring (bicyclic) bond motifs is 3. The molecule has 1 aromatic carbocycles. The normalized spacial score (nSPS) is 26.8. The number of rotatable bonds is 2. The summed E-state index contributed by atoms with van der Waals surface area (Å²) >= 11 is 0. The summed E-state index contributed by atoms with van der Waals surface area (Å²) in [5.74, 6) is 0.889. The highest BCUT2D eigenvalue weighted by Gasteiger charge is 2.39. The van der Waals surface area contributed by atoms with Crippen molar-refractivity contribution < 1.29 is 9.21 Å². The van der Waals surface area contributed by atoms with Gasteiger partial charge in [-0.05, 0) is 50.5 Å². The SMILES string of the molecule is Cc1cc2cc(C(=O)N[C@@H]3C[C@H]4CC[C@@H]3N4)ccc2o1.Cl. The van der Waals surface area contributed by atoms with Crippen LogP contribution in [0.3, 0.4) is 0 Å². The number of carbonyl (C=O) groups excluding carboxylic acids is 1. The fraction of sp³-hybridized carbons (Fsp3) is 0.438. The van der Waals surface area contributed by atoms with Crippen molar-refractivity contribution >= 4 is 29.3 Å². The van der Waals surface area contributed by atoms with Crippen LogP contribution in [0.2, 0.25) is 0 Å². The lowest BCUT2D eigenvalue weighted by atomic mass is 9.95. The maximum Gasteiger partial charge on any atom is 0.251 e. The largest absolute Gasteiger partial charge is 0.461 e. The van der Waals surface area contributed by atoms with Crippen molar-refractivity contribution in [3.8, 4) is 0 Å². The molecular weight excluding hydrogens is 288 g/mol. The average Bonchev–Trinajstić information content (AvgIpc) is 3.10. The lowest BCUT2D eigenvalue weighted by Gasteiger charge is -2.21. The predicted octanol–water partition coefficient (Wildman–Crippen LogP) is 2.79. The summed E-state index contributed by atoms with van der Waals surface area (Å²) in [4.78, 5) is 12.4. The summed E-state index contributed by atoms with van der Waals surface area (Å²) in [5.41, 5.74) is 1.54. The Labute approximate surface area is 129 Å². The van der Waals surface area contributed by atoms with Gasteiger partial charge in [0.1, 0.15) is 11.3 Å². The van der Waals surface area contributed by atoms with E-state index in [1.165, 1.54) is 12.8 Å². The summed E-state index contributed by atoms with van der Waals surface area (Å²) in [6.45, 7) is 1.92. The highest BCUT2D eigenvalue weighted by molar-refractivity contribution is 5.98. The van der Waals surface area contributed by atoms with E-state index < -0.39 is 0 Å². The van der Waals surface area contributed by atoms with Crippen LogP contribution in [-0.2, 0) is 0 Å². The smallest absolute Gasteiger partial charge is 0.251 e. The van der Waals surface area contributed by atoms with Crippen molar-refractivity contribution in [1.29, 1.82) is 0 Å². The van der Waals surface area contributed by atoms with Crippen LogP contribution in [0.25, 0.3) is 11.0 Å². The lowest BCUT2D eigenvalue weighted by Crippen LogP contribution is -2.42. The van der Waals surface area contributed by atoms with Gasteiger partial charge in [0, 0.05) is 29.1 Å². The van der Waals surface area contributed by atoms with Crippen LogP contribution in [0, 0.1) is 6.92 Å². The Morgan fingerprint density at radius 2 is 2.19 bits per heavy atom. The fourth-order valence-corrected chi connectivity index (χ4v) is 3.55. The summed E-state index contributed by atoms with van der Waals surface area (Å²) in [6, 6.07) is 8.92. The van der Waals surface area contributed by atoms with Crippen molar-refractivity contribution in [2.75, 3.05) is 0 Å². The highest BCUT2D eigenvalue weighted by Crippen LogP contribution is 2.28. The number of nitrogens with one attached hydrogen (secondary N) is 2. The molecular formula is C16H19ClN2O2. The Bertz CT molecular complexity index is 682. The molecule has 4 nitrogen and oxygen atoms in total. The van der Waals surface area contributed by atoms with Crippen molar-refractivity contribution in [2.45, 2.75) is 44.3 Å². The topological polar surface area (TPSA) is 54.3 Å². The van der Waals surface area contributed by atoms with E-state index in [1.807, 2.05) is 31.2 Å². The molecule has 1 amide bonds. The molecule has 0 radical (unpaired) electrons. The lowest BCUT2D eigenvalue weighted by molar-refractivity contribution is 0.0931. The number of amides is 1. The number of benzene rings is 1. The van der Waals surface area contributed by atoms with Gasteiger partial charge in [-0.25, -0.2) is 0 Å². The first-order valence-corrected chi connectivity index (χ1v) is 7.26. The molecule has 2 aromatic rings. The second-order valence-corrected chi connectivity index (χ2v) is 5.97. The molecule has 3 heterocycles. The fourth-order valence-electron chi connectivity index (χ4n) is 3.55. The zero-order chi connectivity index (χ0) is 13.7. The number of hydrogen-bond donors (Lipinski definition) is 2. The summed E-state index contributed by atoms with van der Waals surface area (Å²) < 4.78 is 5.53. The van der Waals surface area contributed by atoms with Crippen molar-refractivity contribution in [1.82, 2.24) is 10.6 Å². The number of aryl methyl sites for hydroxylation is 1. The first kappa shape index (κ1) is 14.4. The van der Waals surface area contributed by atoms with E-state index in [4.69, 9.17) is 4.42 Å². The summed E-state index contributed by atoms with van der Waals surface area (Å²) in [7, 11) is 0. The Morgan fingerprint density at radius 1 is 1.33 bits per heavy atom. The maximum atomic E-state index is 12.4. The number of furan rings is 1. The van der Waals surface area contributed by atoms with Gasteiger partial charge in [-0.3, -0.25) is 4.79 Å². The van der Waals surface area contributed by atoms with Gasteiger partial charge in [0.15, 0.2) is 0 Å². The van der Waals surface area contributed by atoms with Crippen LogP contribution >= 0.6 is 12.4 Å². The van der Waals surface area contributed by atoms with Crippen LogP contribution < -0.4 is 10.6 Å². The average molecular weight is 307 g/mol. The highest BCUT2D eigenvalue weighted by atomic mass is 35.5. The third kappa shape index (κ3) is 2.54. The zero-order valence-electron chi connectivity index (χ0n) is 11.9. The molecule has 2 saturated heterocycles. The number of halogens is 1. The molecule has 0 unspecified atom stereocenters. The van der Waals surface area contributed by atoms with Gasteiger partial charge in [-0.2, -0.15) is 0 Å². The van der Waals surface area contributed by atoms with Crippen molar-refractivity contribution in [3.63, 3.8) is 0 Å². The zero-order valence-corrected chi connectivity index (χ0v) is 12.7. The molecule has 0 spiro atoms. The van der Waals surface area contributed by atoms with Gasteiger partial charge < -0.3 is 15.1 Å². The quantitative estimate of drug-likeness (QED) is 0.897. The third-order valence-corrected chi connectivity index (χ3v) is 4.52. The molecule has 2 aliphatic rings. The monoisotopic (exact) mass is 306 g/mol. The van der Waals surface area contributed by atoms with Crippen molar-refractivity contribution in [2.24, 2.45) is 0 Å². The molecule has 3 atom stereocenters. The minimum absolute atomic E-state index is 0. The van der Waals surface area contributed by atoms with Crippen LogP contribution in [0.5, 0.6) is 0 Å². The Balaban J connectivity index is 0.00000132. The minimum atomic E-state index is 0. The minimum Gasteiger partial charge on any atom is -0.461 e. The summed E-state index contributed by atoms with van der Waals surface area (Å²) in [6.07, 6.45) is 3.48.